The number of aromatic amines is 1. The van der Waals surface area contributed by atoms with E-state index in [1.165, 1.54) is 13.1 Å². The number of azide groups is 4. The molecule has 1 aromatic rings. The number of carbonyl (C=O) groups is 1. The lowest BCUT2D eigenvalue weighted by atomic mass is 9.80. The molecule has 1 amide bonds. The average molecular weight is 723 g/mol. The summed E-state index contributed by atoms with van der Waals surface area (Å²) in [5.41, 5.74) is 35.0. The van der Waals surface area contributed by atoms with E-state index in [0.29, 0.717) is 0 Å². The van der Waals surface area contributed by atoms with Crippen molar-refractivity contribution in [2.24, 2.45) is 20.5 Å². The molecule has 27 heteroatoms. The minimum atomic E-state index is -1.85. The number of nitrogens with zero attached hydrogens (tertiary/aromatic N) is 13. The van der Waals surface area contributed by atoms with Gasteiger partial charge in [0.15, 0.2) is 12.4 Å². The standard InChI is InChI=1S/C24H34N16O11/c1-7-6-40(24(48)32-21(7)46)10-4-8(41)19(50-10)22(47)30-3-2-29-12-16(43)11(33-37-26)17(44)13(34-38-27)20(12)51-23-14(35-39-28)18(45)15(42)9(49-23)5-31-36-25/h6,8-20,23,29,41-45H,2-5H2,1H3,(H,30,47)(H,32,46,48)/t8-,9+,10+,11-,12+,13-,14+,15+,16-,17+,18+,19-,20-,23+/m0/s1. The van der Waals surface area contributed by atoms with Crippen LogP contribution in [-0.2, 0) is 19.0 Å². The molecule has 3 heterocycles. The Kier molecular flexibility index (Phi) is 13.2. The second-order valence-corrected chi connectivity index (χ2v) is 11.7. The minimum Gasteiger partial charge on any atom is -0.392 e. The number of carbonyl (C=O) groups excluding carboxylic acids is 1. The number of ether oxygens (including phenoxy) is 3. The summed E-state index contributed by atoms with van der Waals surface area (Å²) in [5, 5.41) is 72.8. The van der Waals surface area contributed by atoms with Gasteiger partial charge in [-0.05, 0) is 29.0 Å². The number of hydrogen-bond acceptors (Lipinski definition) is 16. The van der Waals surface area contributed by atoms with Gasteiger partial charge in [-0.1, -0.05) is 20.5 Å². The van der Waals surface area contributed by atoms with Crippen LogP contribution in [0.1, 0.15) is 18.2 Å². The normalized spacial score (nSPS) is 36.0. The third-order valence-corrected chi connectivity index (χ3v) is 8.56. The molecule has 8 N–H and O–H groups in total. The topological polar surface area (TPSA) is 420 Å². The molecule has 4 rings (SSSR count). The van der Waals surface area contributed by atoms with Crippen molar-refractivity contribution in [3.05, 3.63) is 74.4 Å². The molecule has 3 fully saturated rings. The Labute approximate surface area is 284 Å². The van der Waals surface area contributed by atoms with Gasteiger partial charge in [0.2, 0.25) is 0 Å². The SMILES string of the molecule is Cc1cn([C@H]2C[C@H](O)[C@@H](C(=O)NCCN[C@@H]3[C@@H](O)[C@H](N=[N+]=[N-])[C@@H](O)[C@H](N=[N+]=[N-])[C@H]3O[C@H]3O[C@H](CN=[N+]=[N-])[C@@H](O)[C@H](O)[C@H]3N=[N+]=[N-])O2)c(=O)[nH]c1=O. The van der Waals surface area contributed by atoms with Crippen molar-refractivity contribution in [3.8, 4) is 0 Å². The van der Waals surface area contributed by atoms with E-state index in [-0.39, 0.29) is 25.1 Å². The first kappa shape index (κ1) is 38.8. The molecular formula is C24H34N16O11. The molecule has 0 bridgehead atoms. The third-order valence-electron chi connectivity index (χ3n) is 8.56. The summed E-state index contributed by atoms with van der Waals surface area (Å²) >= 11 is 0. The summed E-state index contributed by atoms with van der Waals surface area (Å²) in [6.07, 6.45) is -14.7. The Bertz CT molecular complexity index is 1730. The number of aliphatic hydroxyl groups is 5. The van der Waals surface area contributed by atoms with Crippen LogP contribution < -0.4 is 21.9 Å². The van der Waals surface area contributed by atoms with Gasteiger partial charge in [0.05, 0.1) is 61.3 Å². The Morgan fingerprint density at radius 3 is 2.27 bits per heavy atom. The predicted octanol–water partition coefficient (Wildman–Crippen LogP) is -2.52. The van der Waals surface area contributed by atoms with Crippen LogP contribution in [0.15, 0.2) is 36.2 Å². The fourth-order valence-electron chi connectivity index (χ4n) is 6.03. The van der Waals surface area contributed by atoms with Crippen LogP contribution in [0, 0.1) is 6.92 Å². The number of aromatic nitrogens is 2. The van der Waals surface area contributed by atoms with Gasteiger partial charge in [-0.15, -0.1) is 0 Å². The first-order chi connectivity index (χ1) is 24.4. The number of hydrogen-bond donors (Lipinski definition) is 8. The molecule has 0 aromatic carbocycles. The van der Waals surface area contributed by atoms with Crippen LogP contribution in [0.2, 0.25) is 0 Å². The molecule has 0 spiro atoms. The third kappa shape index (κ3) is 8.50. The highest BCUT2D eigenvalue weighted by Crippen LogP contribution is 2.33. The highest BCUT2D eigenvalue weighted by Gasteiger charge is 2.53. The van der Waals surface area contributed by atoms with Crippen LogP contribution in [0.4, 0.5) is 0 Å². The zero-order valence-corrected chi connectivity index (χ0v) is 26.5. The average Bonchev–Trinajstić information content (AvgIpc) is 3.49. The quantitative estimate of drug-likeness (QED) is 0.0453. The number of aryl methyl sites for hydroxylation is 1. The van der Waals surface area contributed by atoms with Gasteiger partial charge in [-0.3, -0.25) is 19.1 Å². The maximum Gasteiger partial charge on any atom is 0.330 e. The van der Waals surface area contributed by atoms with E-state index in [9.17, 15) is 45.4 Å². The zero-order valence-electron chi connectivity index (χ0n) is 26.5. The number of H-pyrrole nitrogens is 1. The molecule has 276 valence electrons. The summed E-state index contributed by atoms with van der Waals surface area (Å²) in [6.45, 7) is 0.532. The predicted molar refractivity (Wildman–Crippen MR) is 166 cm³/mol. The van der Waals surface area contributed by atoms with Crippen LogP contribution in [0.25, 0.3) is 41.8 Å². The zero-order chi connectivity index (χ0) is 37.4. The molecule has 2 saturated heterocycles. The summed E-state index contributed by atoms with van der Waals surface area (Å²) in [5.74, 6) is -0.793. The first-order valence-corrected chi connectivity index (χ1v) is 15.2. The van der Waals surface area contributed by atoms with Crippen molar-refractivity contribution in [1.29, 1.82) is 0 Å². The molecule has 27 nitrogen and oxygen atoms in total. The molecule has 14 atom stereocenters. The smallest absolute Gasteiger partial charge is 0.330 e. The van der Waals surface area contributed by atoms with Crippen LogP contribution in [-0.4, -0.2) is 140 Å². The molecule has 1 aromatic heterocycles. The highest BCUT2D eigenvalue weighted by molar-refractivity contribution is 5.81. The molecule has 1 aliphatic carbocycles. The molecule has 51 heavy (non-hydrogen) atoms. The number of rotatable bonds is 13. The van der Waals surface area contributed by atoms with Gasteiger partial charge in [-0.2, -0.15) is 0 Å². The molecule has 1 saturated carbocycles. The summed E-state index contributed by atoms with van der Waals surface area (Å²) in [4.78, 5) is 49.5. The Hall–Kier alpha value is -4.97. The van der Waals surface area contributed by atoms with Gasteiger partial charge < -0.3 is 50.4 Å². The van der Waals surface area contributed by atoms with E-state index in [2.05, 4.69) is 55.7 Å². The second kappa shape index (κ2) is 17.3. The van der Waals surface area contributed by atoms with Crippen LogP contribution in [0.3, 0.4) is 0 Å². The van der Waals surface area contributed by atoms with Crippen LogP contribution >= 0.6 is 0 Å². The van der Waals surface area contributed by atoms with E-state index < -0.39 is 109 Å². The molecule has 2 aliphatic heterocycles. The Balaban J connectivity index is 1.51. The fraction of sp³-hybridized carbons (Fsp3) is 0.792. The maximum absolute atomic E-state index is 12.9. The molecule has 0 unspecified atom stereocenters. The van der Waals surface area contributed by atoms with E-state index in [4.69, 9.17) is 30.8 Å². The van der Waals surface area contributed by atoms with Crippen molar-refractivity contribution in [2.75, 3.05) is 19.6 Å². The van der Waals surface area contributed by atoms with E-state index >= 15 is 0 Å². The monoisotopic (exact) mass is 722 g/mol. The lowest BCUT2D eigenvalue weighted by molar-refractivity contribution is -0.282. The second-order valence-electron chi connectivity index (χ2n) is 11.7. The number of aliphatic hydroxyl groups excluding tert-OH is 5. The van der Waals surface area contributed by atoms with Gasteiger partial charge in [-0.25, -0.2) is 4.79 Å². The van der Waals surface area contributed by atoms with Crippen molar-refractivity contribution < 1.29 is 44.5 Å². The molecule has 0 radical (unpaired) electrons. The summed E-state index contributed by atoms with van der Waals surface area (Å²) in [7, 11) is 0. The minimum absolute atomic E-state index is 0.158. The van der Waals surface area contributed by atoms with Gasteiger partial charge in [0.25, 0.3) is 11.5 Å². The van der Waals surface area contributed by atoms with E-state index in [1.807, 2.05) is 0 Å². The lowest BCUT2D eigenvalue weighted by Gasteiger charge is -2.48. The van der Waals surface area contributed by atoms with Gasteiger partial charge in [0.1, 0.15) is 18.4 Å². The fourth-order valence-corrected chi connectivity index (χ4v) is 6.03. The van der Waals surface area contributed by atoms with Crippen molar-refractivity contribution >= 4 is 5.91 Å². The Morgan fingerprint density at radius 1 is 0.941 bits per heavy atom. The van der Waals surface area contributed by atoms with E-state index in [0.717, 1.165) is 4.57 Å². The first-order valence-electron chi connectivity index (χ1n) is 15.2. The van der Waals surface area contributed by atoms with Crippen molar-refractivity contribution in [3.63, 3.8) is 0 Å². The summed E-state index contributed by atoms with van der Waals surface area (Å²) < 4.78 is 18.2. The number of nitrogens with one attached hydrogen (secondary N) is 3. The van der Waals surface area contributed by atoms with Crippen molar-refractivity contribution in [2.45, 2.75) is 98.9 Å². The molecule has 3 aliphatic rings. The largest absolute Gasteiger partial charge is 0.392 e. The van der Waals surface area contributed by atoms with Gasteiger partial charge in [0, 0.05) is 50.9 Å². The maximum atomic E-state index is 12.9. The highest BCUT2D eigenvalue weighted by atomic mass is 16.7. The van der Waals surface area contributed by atoms with Crippen LogP contribution in [0.5, 0.6) is 0 Å². The lowest BCUT2D eigenvalue weighted by Crippen LogP contribution is -2.69. The van der Waals surface area contributed by atoms with Crippen molar-refractivity contribution in [1.82, 2.24) is 20.2 Å². The number of amides is 1. The summed E-state index contributed by atoms with van der Waals surface area (Å²) in [6, 6.07) is -6.29. The van der Waals surface area contributed by atoms with Gasteiger partial charge >= 0.3 is 5.69 Å². The van der Waals surface area contributed by atoms with E-state index in [1.54, 1.807) is 0 Å². The Morgan fingerprint density at radius 2 is 1.61 bits per heavy atom. The molecular weight excluding hydrogens is 688 g/mol.